The number of aliphatic hydroxyl groups is 1. The first-order chi connectivity index (χ1) is 16.1. The molecule has 2 N–H and O–H groups in total. The van der Waals surface area contributed by atoms with E-state index in [9.17, 15) is 9.90 Å². The minimum absolute atomic E-state index is 0.0397. The summed E-state index contributed by atoms with van der Waals surface area (Å²) in [4.78, 5) is 18.9. The summed E-state index contributed by atoms with van der Waals surface area (Å²) in [5.74, 6) is 1.22. The molecule has 1 aromatic heterocycles. The van der Waals surface area contributed by atoms with E-state index in [-0.39, 0.29) is 30.4 Å². The molecular weight excluding hydrogens is 444 g/mol. The molecule has 2 heterocycles. The van der Waals surface area contributed by atoms with Gasteiger partial charge in [-0.1, -0.05) is 11.6 Å². The van der Waals surface area contributed by atoms with Gasteiger partial charge in [-0.05, 0) is 56.6 Å². The van der Waals surface area contributed by atoms with Crippen molar-refractivity contribution in [2.24, 2.45) is 5.92 Å². The number of hydrogen-bond donors (Lipinski definition) is 2. The van der Waals surface area contributed by atoms with Crippen molar-refractivity contribution in [3.05, 3.63) is 40.7 Å². The SMILES string of the molecule is N#Cc1ccc(OC2CCC(NC(=O)c3cnc(N4CCC(CO)CC4)nn3)CC2)cc1Cl. The highest BCUT2D eigenvalue weighted by atomic mass is 35.5. The van der Waals surface area contributed by atoms with Gasteiger partial charge in [-0.2, -0.15) is 5.26 Å². The second-order valence-corrected chi connectivity index (χ2v) is 8.98. The number of nitrogens with one attached hydrogen (secondary N) is 1. The summed E-state index contributed by atoms with van der Waals surface area (Å²) in [6.07, 6.45) is 6.49. The predicted molar refractivity (Wildman–Crippen MR) is 122 cm³/mol. The zero-order chi connectivity index (χ0) is 23.2. The van der Waals surface area contributed by atoms with Crippen LogP contribution in [-0.2, 0) is 0 Å². The van der Waals surface area contributed by atoms with Crippen LogP contribution in [0.25, 0.3) is 0 Å². The number of rotatable bonds is 6. The molecule has 2 aromatic rings. The molecule has 1 saturated heterocycles. The largest absolute Gasteiger partial charge is 0.490 e. The van der Waals surface area contributed by atoms with Crippen LogP contribution in [0.5, 0.6) is 5.75 Å². The quantitative estimate of drug-likeness (QED) is 0.660. The molecule has 0 spiro atoms. The lowest BCUT2D eigenvalue weighted by atomic mass is 9.93. The van der Waals surface area contributed by atoms with Gasteiger partial charge >= 0.3 is 0 Å². The molecule has 2 fully saturated rings. The summed E-state index contributed by atoms with van der Waals surface area (Å²) in [5, 5.41) is 29.8. The maximum Gasteiger partial charge on any atom is 0.273 e. The van der Waals surface area contributed by atoms with Crippen molar-refractivity contribution >= 4 is 23.5 Å². The molecule has 9 nitrogen and oxygen atoms in total. The molecule has 1 aliphatic heterocycles. The fourth-order valence-corrected chi connectivity index (χ4v) is 4.48. The van der Waals surface area contributed by atoms with Gasteiger partial charge in [0.05, 0.1) is 22.9 Å². The first-order valence-electron chi connectivity index (χ1n) is 11.3. The lowest BCUT2D eigenvalue weighted by Crippen LogP contribution is -2.40. The highest BCUT2D eigenvalue weighted by molar-refractivity contribution is 6.31. The fourth-order valence-electron chi connectivity index (χ4n) is 4.27. The van der Waals surface area contributed by atoms with Gasteiger partial charge in [0.1, 0.15) is 11.8 Å². The summed E-state index contributed by atoms with van der Waals surface area (Å²) in [6.45, 7) is 1.76. The van der Waals surface area contributed by atoms with Crippen LogP contribution in [0.4, 0.5) is 5.95 Å². The lowest BCUT2D eigenvalue weighted by Gasteiger charge is -2.30. The number of amides is 1. The summed E-state index contributed by atoms with van der Waals surface area (Å²) >= 11 is 6.07. The van der Waals surface area contributed by atoms with Crippen molar-refractivity contribution in [2.75, 3.05) is 24.6 Å². The van der Waals surface area contributed by atoms with E-state index < -0.39 is 0 Å². The average molecular weight is 471 g/mol. The number of ether oxygens (including phenoxy) is 1. The Balaban J connectivity index is 1.24. The molecule has 1 amide bonds. The number of aliphatic hydroxyl groups excluding tert-OH is 1. The van der Waals surface area contributed by atoms with Crippen LogP contribution in [0, 0.1) is 17.2 Å². The summed E-state index contributed by atoms with van der Waals surface area (Å²) in [6, 6.07) is 7.15. The van der Waals surface area contributed by atoms with Crippen molar-refractivity contribution in [1.29, 1.82) is 5.26 Å². The van der Waals surface area contributed by atoms with Gasteiger partial charge in [-0.3, -0.25) is 4.79 Å². The van der Waals surface area contributed by atoms with Crippen molar-refractivity contribution in [3.8, 4) is 11.8 Å². The molecule has 1 aromatic carbocycles. The maximum absolute atomic E-state index is 12.6. The van der Waals surface area contributed by atoms with Crippen molar-refractivity contribution in [1.82, 2.24) is 20.5 Å². The topological polar surface area (TPSA) is 124 Å². The van der Waals surface area contributed by atoms with Crippen LogP contribution < -0.4 is 15.0 Å². The first kappa shape index (κ1) is 23.2. The third-order valence-electron chi connectivity index (χ3n) is 6.31. The monoisotopic (exact) mass is 470 g/mol. The second kappa shape index (κ2) is 10.8. The average Bonchev–Trinajstić information content (AvgIpc) is 2.85. The second-order valence-electron chi connectivity index (χ2n) is 8.57. The number of piperidine rings is 1. The van der Waals surface area contributed by atoms with Gasteiger partial charge < -0.3 is 20.1 Å². The van der Waals surface area contributed by atoms with Crippen LogP contribution in [0.2, 0.25) is 5.02 Å². The van der Waals surface area contributed by atoms with E-state index in [0.29, 0.717) is 28.2 Å². The molecule has 10 heteroatoms. The van der Waals surface area contributed by atoms with Crippen molar-refractivity contribution < 1.29 is 14.6 Å². The molecule has 1 aliphatic carbocycles. The van der Waals surface area contributed by atoms with Crippen molar-refractivity contribution in [3.63, 3.8) is 0 Å². The van der Waals surface area contributed by atoms with E-state index in [1.165, 1.54) is 6.20 Å². The summed E-state index contributed by atoms with van der Waals surface area (Å²) in [5.41, 5.74) is 0.627. The molecule has 0 radical (unpaired) electrons. The highest BCUT2D eigenvalue weighted by Crippen LogP contribution is 2.27. The number of nitrogens with zero attached hydrogens (tertiary/aromatic N) is 5. The molecule has 174 valence electrons. The van der Waals surface area contributed by atoms with E-state index in [0.717, 1.165) is 51.6 Å². The van der Waals surface area contributed by atoms with Gasteiger partial charge in [-0.25, -0.2) is 4.98 Å². The number of anilines is 1. The number of halogens is 1. The van der Waals surface area contributed by atoms with E-state index in [1.54, 1.807) is 18.2 Å². The Labute approximate surface area is 197 Å². The third kappa shape index (κ3) is 5.89. The molecular formula is C23H27ClN6O3. The van der Waals surface area contributed by atoms with Crippen LogP contribution in [0.15, 0.2) is 24.4 Å². The molecule has 4 rings (SSSR count). The highest BCUT2D eigenvalue weighted by Gasteiger charge is 2.25. The Morgan fingerprint density at radius 2 is 1.97 bits per heavy atom. The van der Waals surface area contributed by atoms with Crippen LogP contribution in [0.3, 0.4) is 0 Å². The van der Waals surface area contributed by atoms with E-state index in [2.05, 4.69) is 20.5 Å². The Hall–Kier alpha value is -2.96. The van der Waals surface area contributed by atoms with Gasteiger partial charge in [0.25, 0.3) is 5.91 Å². The minimum atomic E-state index is -0.274. The van der Waals surface area contributed by atoms with E-state index in [1.807, 2.05) is 11.0 Å². The minimum Gasteiger partial charge on any atom is -0.490 e. The Kier molecular flexibility index (Phi) is 7.57. The molecule has 2 aliphatic rings. The van der Waals surface area contributed by atoms with Crippen LogP contribution in [0.1, 0.15) is 54.6 Å². The fraction of sp³-hybridized carbons (Fsp3) is 0.522. The zero-order valence-electron chi connectivity index (χ0n) is 18.3. The molecule has 0 atom stereocenters. The van der Waals surface area contributed by atoms with Gasteiger partial charge in [0, 0.05) is 31.8 Å². The maximum atomic E-state index is 12.6. The molecule has 0 bridgehead atoms. The Morgan fingerprint density at radius 1 is 1.21 bits per heavy atom. The molecule has 1 saturated carbocycles. The van der Waals surface area contributed by atoms with Crippen LogP contribution >= 0.6 is 11.6 Å². The predicted octanol–water partition coefficient (Wildman–Crippen LogP) is 2.73. The number of benzene rings is 1. The number of aromatic nitrogens is 3. The number of carbonyl (C=O) groups is 1. The van der Waals surface area contributed by atoms with Gasteiger partial charge in [0.15, 0.2) is 5.69 Å². The Morgan fingerprint density at radius 3 is 2.58 bits per heavy atom. The van der Waals surface area contributed by atoms with E-state index >= 15 is 0 Å². The third-order valence-corrected chi connectivity index (χ3v) is 6.62. The smallest absolute Gasteiger partial charge is 0.273 e. The standard InChI is InChI=1S/C23H27ClN6O3/c24-20-11-19(4-1-16(20)12-25)33-18-5-2-17(3-6-18)27-22(32)21-13-26-23(29-28-21)30-9-7-15(14-31)8-10-30/h1,4,11,13,15,17-18,31H,2-3,5-10,14H2,(H,27,32). The van der Waals surface area contributed by atoms with Crippen molar-refractivity contribution in [2.45, 2.75) is 50.7 Å². The number of carbonyl (C=O) groups excluding carboxylic acids is 1. The first-order valence-corrected chi connectivity index (χ1v) is 11.7. The summed E-state index contributed by atoms with van der Waals surface area (Å²) in [7, 11) is 0. The number of hydrogen-bond acceptors (Lipinski definition) is 8. The van der Waals surface area contributed by atoms with E-state index in [4.69, 9.17) is 21.6 Å². The lowest BCUT2D eigenvalue weighted by molar-refractivity contribution is 0.0887. The number of nitriles is 1. The van der Waals surface area contributed by atoms with Crippen LogP contribution in [-0.4, -0.2) is 58.0 Å². The van der Waals surface area contributed by atoms with Gasteiger partial charge in [-0.15, -0.1) is 10.2 Å². The summed E-state index contributed by atoms with van der Waals surface area (Å²) < 4.78 is 6.00. The normalized spacial score (nSPS) is 21.3. The zero-order valence-corrected chi connectivity index (χ0v) is 19.0. The van der Waals surface area contributed by atoms with Gasteiger partial charge in [0.2, 0.25) is 5.95 Å². The Bertz CT molecular complexity index is 996. The molecule has 0 unspecified atom stereocenters. The molecule has 33 heavy (non-hydrogen) atoms.